The lowest BCUT2D eigenvalue weighted by molar-refractivity contribution is 0.0250. The number of nitrogens with zero attached hydrogens (tertiary/aromatic N) is 4. The molecule has 0 N–H and O–H groups in total. The van der Waals surface area contributed by atoms with E-state index in [4.69, 9.17) is 4.74 Å². The molecule has 1 aromatic rings. The topological polar surface area (TPSA) is 52.8 Å². The Morgan fingerprint density at radius 2 is 1.94 bits per heavy atom. The second-order valence-corrected chi connectivity index (χ2v) is 5.25. The quantitative estimate of drug-likeness (QED) is 0.756. The highest BCUT2D eigenvalue weighted by Gasteiger charge is 2.25. The fourth-order valence-corrected chi connectivity index (χ4v) is 1.51. The van der Waals surface area contributed by atoms with Crippen molar-refractivity contribution in [2.24, 2.45) is 0 Å². The lowest BCUT2D eigenvalue weighted by Crippen LogP contribution is -2.27. The molecule has 1 atom stereocenters. The van der Waals surface area contributed by atoms with Crippen LogP contribution in [-0.4, -0.2) is 26.3 Å². The summed E-state index contributed by atoms with van der Waals surface area (Å²) >= 11 is 0. The molecule has 0 saturated carbocycles. The van der Waals surface area contributed by atoms with Gasteiger partial charge in [0.05, 0.1) is 11.6 Å². The molecule has 0 fully saturated rings. The Bertz CT molecular complexity index is 376. The highest BCUT2D eigenvalue weighted by molar-refractivity contribution is 5.03. The van der Waals surface area contributed by atoms with E-state index in [1.807, 2.05) is 32.9 Å². The van der Waals surface area contributed by atoms with Crippen LogP contribution in [0.25, 0.3) is 0 Å². The van der Waals surface area contributed by atoms with E-state index in [-0.39, 0.29) is 17.7 Å². The maximum Gasteiger partial charge on any atom is 0.184 e. The Kier molecular flexibility index (Phi) is 4.40. The van der Waals surface area contributed by atoms with E-state index in [1.165, 1.54) is 0 Å². The van der Waals surface area contributed by atoms with Crippen LogP contribution in [0.2, 0.25) is 0 Å². The predicted octanol–water partition coefficient (Wildman–Crippen LogP) is 2.47. The van der Waals surface area contributed by atoms with Crippen LogP contribution in [0.1, 0.15) is 53.5 Å². The van der Waals surface area contributed by atoms with Gasteiger partial charge in [-0.3, -0.25) is 0 Å². The van der Waals surface area contributed by atoms with Gasteiger partial charge in [0.15, 0.2) is 5.82 Å². The molecule has 0 aliphatic rings. The van der Waals surface area contributed by atoms with Crippen LogP contribution >= 0.6 is 0 Å². The number of hydrogen-bond donors (Lipinski definition) is 0. The van der Waals surface area contributed by atoms with Crippen molar-refractivity contribution < 1.29 is 4.74 Å². The average Bonchev–Trinajstić information content (AvgIpc) is 2.63. The van der Waals surface area contributed by atoms with E-state index in [1.54, 1.807) is 4.68 Å². The Balaban J connectivity index is 3.06. The van der Waals surface area contributed by atoms with Gasteiger partial charge in [0.1, 0.15) is 6.10 Å². The van der Waals surface area contributed by atoms with Crippen LogP contribution in [0.5, 0.6) is 0 Å². The van der Waals surface area contributed by atoms with Crippen LogP contribution in [0.3, 0.4) is 0 Å². The summed E-state index contributed by atoms with van der Waals surface area (Å²) in [4.78, 5) is 0. The third-order valence-electron chi connectivity index (χ3n) is 2.17. The van der Waals surface area contributed by atoms with Crippen molar-refractivity contribution >= 4 is 0 Å². The minimum atomic E-state index is -0.200. The molecule has 1 heterocycles. The second kappa shape index (κ2) is 5.40. The monoisotopic (exact) mass is 238 g/mol. The molecule has 0 aliphatic heterocycles. The maximum absolute atomic E-state index is 5.82. The zero-order valence-corrected chi connectivity index (χ0v) is 11.5. The molecule has 0 aromatic carbocycles. The zero-order chi connectivity index (χ0) is 13.1. The highest BCUT2D eigenvalue weighted by atomic mass is 16.5. The number of allylic oxidation sites excluding steroid dienone is 1. The number of aromatic nitrogens is 4. The van der Waals surface area contributed by atoms with Crippen molar-refractivity contribution in [1.82, 2.24) is 20.2 Å². The summed E-state index contributed by atoms with van der Waals surface area (Å²) in [6.45, 7) is 12.2. The highest BCUT2D eigenvalue weighted by Crippen LogP contribution is 2.23. The van der Waals surface area contributed by atoms with Crippen LogP contribution in [0.15, 0.2) is 12.2 Å². The molecule has 0 saturated heterocycles. The van der Waals surface area contributed by atoms with Gasteiger partial charge in [0, 0.05) is 0 Å². The van der Waals surface area contributed by atoms with E-state index in [2.05, 4.69) is 36.3 Å². The van der Waals surface area contributed by atoms with E-state index in [0.29, 0.717) is 0 Å². The Labute approximate surface area is 103 Å². The summed E-state index contributed by atoms with van der Waals surface area (Å²) in [5.74, 6) is 0.740. The molecular weight excluding hydrogens is 216 g/mol. The molecule has 5 heteroatoms. The first-order valence-corrected chi connectivity index (χ1v) is 5.93. The SMILES string of the molecule is C/C=C/C(OC(C)C)c1nnnn1C(C)(C)C. The normalized spacial score (nSPS) is 14.8. The Hall–Kier alpha value is -1.23. The maximum atomic E-state index is 5.82. The smallest absolute Gasteiger partial charge is 0.184 e. The molecule has 0 radical (unpaired) electrons. The van der Waals surface area contributed by atoms with Gasteiger partial charge in [-0.1, -0.05) is 12.2 Å². The molecule has 17 heavy (non-hydrogen) atoms. The second-order valence-electron chi connectivity index (χ2n) is 5.25. The Morgan fingerprint density at radius 1 is 1.29 bits per heavy atom. The van der Waals surface area contributed by atoms with Gasteiger partial charge in [-0.05, 0) is 52.0 Å². The summed E-state index contributed by atoms with van der Waals surface area (Å²) in [7, 11) is 0. The Morgan fingerprint density at radius 3 is 2.41 bits per heavy atom. The molecule has 96 valence electrons. The standard InChI is InChI=1S/C12H22N4O/c1-7-8-10(17-9(2)3)11-13-14-15-16(11)12(4,5)6/h7-10H,1-6H3/b8-7+. The van der Waals surface area contributed by atoms with Gasteiger partial charge in [-0.25, -0.2) is 4.68 Å². The largest absolute Gasteiger partial charge is 0.363 e. The number of ether oxygens (including phenoxy) is 1. The average molecular weight is 238 g/mol. The van der Waals surface area contributed by atoms with Crippen molar-refractivity contribution in [3.05, 3.63) is 18.0 Å². The van der Waals surface area contributed by atoms with Crippen LogP contribution in [0.4, 0.5) is 0 Å². The van der Waals surface area contributed by atoms with Gasteiger partial charge < -0.3 is 4.74 Å². The molecule has 1 unspecified atom stereocenters. The summed E-state index contributed by atoms with van der Waals surface area (Å²) in [6.07, 6.45) is 3.85. The first-order valence-electron chi connectivity index (χ1n) is 5.93. The summed E-state index contributed by atoms with van der Waals surface area (Å²) in [6, 6.07) is 0. The number of rotatable bonds is 4. The van der Waals surface area contributed by atoms with E-state index in [9.17, 15) is 0 Å². The van der Waals surface area contributed by atoms with E-state index < -0.39 is 0 Å². The molecule has 5 nitrogen and oxygen atoms in total. The third-order valence-corrected chi connectivity index (χ3v) is 2.17. The van der Waals surface area contributed by atoms with Crippen LogP contribution < -0.4 is 0 Å². The van der Waals surface area contributed by atoms with Gasteiger partial charge in [-0.15, -0.1) is 5.10 Å². The molecule has 0 aliphatic carbocycles. The van der Waals surface area contributed by atoms with Crippen molar-refractivity contribution in [3.63, 3.8) is 0 Å². The van der Waals surface area contributed by atoms with Gasteiger partial charge in [0.2, 0.25) is 0 Å². The van der Waals surface area contributed by atoms with Crippen LogP contribution in [-0.2, 0) is 10.3 Å². The van der Waals surface area contributed by atoms with Crippen molar-refractivity contribution in [2.75, 3.05) is 0 Å². The van der Waals surface area contributed by atoms with Crippen molar-refractivity contribution in [3.8, 4) is 0 Å². The van der Waals surface area contributed by atoms with Crippen molar-refractivity contribution in [1.29, 1.82) is 0 Å². The summed E-state index contributed by atoms with van der Waals surface area (Å²) in [5, 5.41) is 11.9. The molecule has 0 bridgehead atoms. The molecule has 0 spiro atoms. The minimum absolute atomic E-state index is 0.126. The lowest BCUT2D eigenvalue weighted by Gasteiger charge is -2.23. The van der Waals surface area contributed by atoms with Gasteiger partial charge in [-0.2, -0.15) is 0 Å². The predicted molar refractivity (Wildman–Crippen MR) is 66.6 cm³/mol. The van der Waals surface area contributed by atoms with Gasteiger partial charge in [0.25, 0.3) is 0 Å². The lowest BCUT2D eigenvalue weighted by atomic mass is 10.1. The molecule has 1 aromatic heterocycles. The van der Waals surface area contributed by atoms with E-state index in [0.717, 1.165) is 5.82 Å². The molecule has 1 rings (SSSR count). The first-order chi connectivity index (χ1) is 7.86. The third kappa shape index (κ3) is 3.63. The van der Waals surface area contributed by atoms with Gasteiger partial charge >= 0.3 is 0 Å². The summed E-state index contributed by atoms with van der Waals surface area (Å²) < 4.78 is 7.63. The number of hydrogen-bond acceptors (Lipinski definition) is 4. The number of tetrazole rings is 1. The first kappa shape index (κ1) is 13.8. The minimum Gasteiger partial charge on any atom is -0.363 e. The summed E-state index contributed by atoms with van der Waals surface area (Å²) in [5.41, 5.74) is -0.154. The van der Waals surface area contributed by atoms with Crippen LogP contribution in [0, 0.1) is 0 Å². The molecule has 0 amide bonds. The van der Waals surface area contributed by atoms with Crippen molar-refractivity contribution in [2.45, 2.75) is 59.3 Å². The fraction of sp³-hybridized carbons (Fsp3) is 0.750. The van der Waals surface area contributed by atoms with E-state index >= 15 is 0 Å². The fourth-order valence-electron chi connectivity index (χ4n) is 1.51. The molecular formula is C12H22N4O. The zero-order valence-electron chi connectivity index (χ0n) is 11.5.